The van der Waals surface area contributed by atoms with Gasteiger partial charge in [-0.2, -0.15) is 0 Å². The van der Waals surface area contributed by atoms with E-state index in [9.17, 15) is 14.0 Å². The molecule has 2 heterocycles. The van der Waals surface area contributed by atoms with E-state index in [1.165, 1.54) is 18.2 Å². The van der Waals surface area contributed by atoms with E-state index in [0.717, 1.165) is 5.56 Å². The second-order valence-corrected chi connectivity index (χ2v) is 7.70. The normalized spacial score (nSPS) is 14.7. The zero-order valence-corrected chi connectivity index (χ0v) is 17.6. The predicted octanol–water partition coefficient (Wildman–Crippen LogP) is 2.39. The number of hydrogen-bond donors (Lipinski definition) is 2. The van der Waals surface area contributed by atoms with Gasteiger partial charge in [-0.25, -0.2) is 9.37 Å². The first-order valence-electron chi connectivity index (χ1n) is 10.6. The first-order chi connectivity index (χ1) is 15.6. The lowest BCUT2D eigenvalue weighted by Crippen LogP contribution is -2.38. The molecule has 8 heteroatoms. The topological polar surface area (TPSA) is 87.3 Å². The highest BCUT2D eigenvalue weighted by molar-refractivity contribution is 5.79. The Morgan fingerprint density at radius 1 is 1.12 bits per heavy atom. The monoisotopic (exact) mass is 436 g/mol. The SMILES string of the molecule is O=C(Cc1cccc(F)c1)N[C@@H](Cc1cc(=O)[nH]c(N2CCOCC2)n1)c1ccccc1. The number of aromatic nitrogens is 2. The molecule has 1 aliphatic heterocycles. The third kappa shape index (κ3) is 5.79. The summed E-state index contributed by atoms with van der Waals surface area (Å²) < 4.78 is 18.8. The minimum absolute atomic E-state index is 0.0585. The number of amides is 1. The van der Waals surface area contributed by atoms with Crippen LogP contribution in [0.25, 0.3) is 0 Å². The average Bonchev–Trinajstić information content (AvgIpc) is 2.79. The van der Waals surface area contributed by atoms with Crippen LogP contribution < -0.4 is 15.8 Å². The zero-order chi connectivity index (χ0) is 22.3. The molecule has 1 aromatic heterocycles. The molecule has 7 nitrogen and oxygen atoms in total. The fourth-order valence-corrected chi connectivity index (χ4v) is 3.75. The number of anilines is 1. The number of benzene rings is 2. The molecule has 0 saturated carbocycles. The molecule has 0 radical (unpaired) electrons. The molecule has 2 aromatic carbocycles. The Bertz CT molecular complexity index is 1110. The van der Waals surface area contributed by atoms with Crippen LogP contribution in [-0.2, 0) is 22.4 Å². The van der Waals surface area contributed by atoms with E-state index in [1.54, 1.807) is 12.1 Å². The maximum absolute atomic E-state index is 13.5. The van der Waals surface area contributed by atoms with Gasteiger partial charge in [0.1, 0.15) is 5.82 Å². The van der Waals surface area contributed by atoms with E-state index < -0.39 is 0 Å². The highest BCUT2D eigenvalue weighted by atomic mass is 19.1. The summed E-state index contributed by atoms with van der Waals surface area (Å²) in [4.78, 5) is 34.4. The van der Waals surface area contributed by atoms with E-state index >= 15 is 0 Å². The number of nitrogens with one attached hydrogen (secondary N) is 2. The average molecular weight is 436 g/mol. The van der Waals surface area contributed by atoms with Crippen LogP contribution >= 0.6 is 0 Å². The third-order valence-electron chi connectivity index (χ3n) is 5.30. The van der Waals surface area contributed by atoms with E-state index in [1.807, 2.05) is 35.2 Å². The molecule has 4 rings (SSSR count). The molecule has 1 amide bonds. The Labute approximate surface area is 185 Å². The van der Waals surface area contributed by atoms with Crippen molar-refractivity contribution in [2.45, 2.75) is 18.9 Å². The van der Waals surface area contributed by atoms with Gasteiger partial charge in [0.05, 0.1) is 31.4 Å². The van der Waals surface area contributed by atoms with Gasteiger partial charge in [-0.3, -0.25) is 14.6 Å². The van der Waals surface area contributed by atoms with Crippen molar-refractivity contribution >= 4 is 11.9 Å². The van der Waals surface area contributed by atoms with Crippen molar-refractivity contribution in [2.75, 3.05) is 31.2 Å². The van der Waals surface area contributed by atoms with Gasteiger partial charge in [0.2, 0.25) is 11.9 Å². The number of aromatic amines is 1. The summed E-state index contributed by atoms with van der Waals surface area (Å²) in [5.74, 6) is -0.102. The van der Waals surface area contributed by atoms with Crippen molar-refractivity contribution in [3.63, 3.8) is 0 Å². The van der Waals surface area contributed by atoms with Crippen LogP contribution in [0.2, 0.25) is 0 Å². The minimum atomic E-state index is -0.385. The standard InChI is InChI=1S/C24H25FN4O3/c25-19-8-4-5-17(13-19)14-22(30)27-21(18-6-2-1-3-7-18)15-20-16-23(31)28-24(26-20)29-9-11-32-12-10-29/h1-8,13,16,21H,9-12,14-15H2,(H,27,30)(H,26,28,31)/t21-/m0/s1. The molecule has 2 N–H and O–H groups in total. The van der Waals surface area contributed by atoms with Gasteiger partial charge in [-0.05, 0) is 23.3 Å². The maximum atomic E-state index is 13.5. The van der Waals surface area contributed by atoms with Crippen molar-refractivity contribution in [1.82, 2.24) is 15.3 Å². The quantitative estimate of drug-likeness (QED) is 0.594. The first-order valence-corrected chi connectivity index (χ1v) is 10.6. The summed E-state index contributed by atoms with van der Waals surface area (Å²) in [6.07, 6.45) is 0.406. The van der Waals surface area contributed by atoms with Crippen LogP contribution in [0.4, 0.5) is 10.3 Å². The molecule has 1 fully saturated rings. The van der Waals surface area contributed by atoms with Gasteiger partial charge >= 0.3 is 0 Å². The molecular formula is C24H25FN4O3. The predicted molar refractivity (Wildman–Crippen MR) is 119 cm³/mol. The molecule has 3 aromatic rings. The van der Waals surface area contributed by atoms with Crippen LogP contribution in [0.1, 0.15) is 22.9 Å². The molecule has 0 spiro atoms. The van der Waals surface area contributed by atoms with Crippen LogP contribution in [-0.4, -0.2) is 42.2 Å². The second-order valence-electron chi connectivity index (χ2n) is 7.70. The highest BCUT2D eigenvalue weighted by Crippen LogP contribution is 2.19. The Hall–Kier alpha value is -3.52. The number of ether oxygens (including phenoxy) is 1. The molecule has 0 bridgehead atoms. The zero-order valence-electron chi connectivity index (χ0n) is 17.6. The summed E-state index contributed by atoms with van der Waals surface area (Å²) in [5, 5.41) is 3.02. The fraction of sp³-hybridized carbons (Fsp3) is 0.292. The van der Waals surface area contributed by atoms with Gasteiger partial charge < -0.3 is 15.0 Å². The smallest absolute Gasteiger partial charge is 0.252 e. The summed E-state index contributed by atoms with van der Waals surface area (Å²) in [6, 6.07) is 16.6. The largest absolute Gasteiger partial charge is 0.378 e. The number of rotatable bonds is 7. The van der Waals surface area contributed by atoms with E-state index in [2.05, 4.69) is 15.3 Å². The molecule has 0 unspecified atom stereocenters. The molecule has 166 valence electrons. The van der Waals surface area contributed by atoms with Gasteiger partial charge in [0.15, 0.2) is 0 Å². The Kier molecular flexibility index (Phi) is 6.91. The first kappa shape index (κ1) is 21.7. The van der Waals surface area contributed by atoms with E-state index in [-0.39, 0.29) is 29.7 Å². The molecule has 1 saturated heterocycles. The lowest BCUT2D eigenvalue weighted by atomic mass is 10.0. The van der Waals surface area contributed by atoms with Crippen LogP contribution in [0.15, 0.2) is 65.5 Å². The lowest BCUT2D eigenvalue weighted by molar-refractivity contribution is -0.121. The molecule has 1 aliphatic rings. The van der Waals surface area contributed by atoms with Crippen molar-refractivity contribution in [1.29, 1.82) is 0 Å². The Morgan fingerprint density at radius 2 is 1.91 bits per heavy atom. The van der Waals surface area contributed by atoms with Crippen molar-refractivity contribution in [3.8, 4) is 0 Å². The van der Waals surface area contributed by atoms with Crippen molar-refractivity contribution in [2.24, 2.45) is 0 Å². The van der Waals surface area contributed by atoms with Crippen LogP contribution in [0.5, 0.6) is 0 Å². The van der Waals surface area contributed by atoms with Crippen molar-refractivity contribution in [3.05, 3.63) is 93.7 Å². The molecule has 0 aliphatic carbocycles. The number of H-pyrrole nitrogens is 1. The van der Waals surface area contributed by atoms with Crippen LogP contribution in [0, 0.1) is 5.82 Å². The van der Waals surface area contributed by atoms with E-state index in [0.29, 0.717) is 49.9 Å². The summed E-state index contributed by atoms with van der Waals surface area (Å²) in [7, 11) is 0. The van der Waals surface area contributed by atoms with E-state index in [4.69, 9.17) is 4.74 Å². The summed E-state index contributed by atoms with van der Waals surface area (Å²) >= 11 is 0. The number of hydrogen-bond acceptors (Lipinski definition) is 5. The molecular weight excluding hydrogens is 411 g/mol. The number of carbonyl (C=O) groups is 1. The lowest BCUT2D eigenvalue weighted by Gasteiger charge is -2.27. The molecule has 1 atom stereocenters. The number of morpholine rings is 1. The summed E-state index contributed by atoms with van der Waals surface area (Å²) in [6.45, 7) is 2.46. The van der Waals surface area contributed by atoms with Crippen LogP contribution in [0.3, 0.4) is 0 Å². The number of nitrogens with zero attached hydrogens (tertiary/aromatic N) is 2. The van der Waals surface area contributed by atoms with Gasteiger partial charge in [0, 0.05) is 25.6 Å². The highest BCUT2D eigenvalue weighted by Gasteiger charge is 2.19. The Morgan fingerprint density at radius 3 is 2.66 bits per heavy atom. The maximum Gasteiger partial charge on any atom is 0.252 e. The second kappa shape index (κ2) is 10.2. The molecule has 32 heavy (non-hydrogen) atoms. The number of carbonyl (C=O) groups excluding carboxylic acids is 1. The van der Waals surface area contributed by atoms with Gasteiger partial charge in [-0.1, -0.05) is 42.5 Å². The van der Waals surface area contributed by atoms with Gasteiger partial charge in [-0.15, -0.1) is 0 Å². The number of halogens is 1. The van der Waals surface area contributed by atoms with Gasteiger partial charge in [0.25, 0.3) is 5.56 Å². The fourth-order valence-electron chi connectivity index (χ4n) is 3.75. The third-order valence-corrected chi connectivity index (χ3v) is 5.30. The Balaban J connectivity index is 1.54. The van der Waals surface area contributed by atoms with Crippen molar-refractivity contribution < 1.29 is 13.9 Å². The summed E-state index contributed by atoms with van der Waals surface area (Å²) in [5.41, 5.74) is 1.83. The minimum Gasteiger partial charge on any atom is -0.378 e.